The van der Waals surface area contributed by atoms with Crippen molar-refractivity contribution >= 4 is 5.91 Å². The standard InChI is InChI=1S/C21H25FN2O3/c1-26-15-17-4-3-5-18(12-17)21(25)24-10-8-23(9-11-24)14-16-6-7-20(27-2)19(22)13-16/h3-7,12-13H,8-11,14-15H2,1-2H3. The summed E-state index contributed by atoms with van der Waals surface area (Å²) in [6, 6.07) is 12.6. The van der Waals surface area contributed by atoms with Gasteiger partial charge in [0.2, 0.25) is 0 Å². The average Bonchev–Trinajstić information content (AvgIpc) is 2.69. The Bertz CT molecular complexity index is 789. The molecule has 1 saturated heterocycles. The molecular weight excluding hydrogens is 347 g/mol. The van der Waals surface area contributed by atoms with E-state index in [-0.39, 0.29) is 17.5 Å². The minimum atomic E-state index is -0.347. The summed E-state index contributed by atoms with van der Waals surface area (Å²) in [6.07, 6.45) is 0. The van der Waals surface area contributed by atoms with Gasteiger partial charge < -0.3 is 14.4 Å². The summed E-state index contributed by atoms with van der Waals surface area (Å²) in [7, 11) is 3.10. The van der Waals surface area contributed by atoms with E-state index in [1.165, 1.54) is 13.2 Å². The third-order valence-corrected chi connectivity index (χ3v) is 4.77. The van der Waals surface area contributed by atoms with Crippen molar-refractivity contribution in [1.29, 1.82) is 0 Å². The smallest absolute Gasteiger partial charge is 0.253 e. The number of amides is 1. The van der Waals surface area contributed by atoms with Crippen LogP contribution in [0.2, 0.25) is 0 Å². The fraction of sp³-hybridized carbons (Fsp3) is 0.381. The summed E-state index contributed by atoms with van der Waals surface area (Å²) in [5.74, 6) is -0.0484. The highest BCUT2D eigenvalue weighted by Crippen LogP contribution is 2.19. The van der Waals surface area contributed by atoms with E-state index in [0.29, 0.717) is 31.8 Å². The molecule has 0 saturated carbocycles. The maximum Gasteiger partial charge on any atom is 0.253 e. The number of methoxy groups -OCH3 is 2. The Morgan fingerprint density at radius 1 is 1.04 bits per heavy atom. The first-order valence-corrected chi connectivity index (χ1v) is 9.02. The highest BCUT2D eigenvalue weighted by atomic mass is 19.1. The van der Waals surface area contributed by atoms with Gasteiger partial charge in [-0.1, -0.05) is 18.2 Å². The van der Waals surface area contributed by atoms with Crippen LogP contribution in [0.3, 0.4) is 0 Å². The topological polar surface area (TPSA) is 42.0 Å². The van der Waals surface area contributed by atoms with Gasteiger partial charge >= 0.3 is 0 Å². The molecule has 5 nitrogen and oxygen atoms in total. The number of benzene rings is 2. The maximum absolute atomic E-state index is 13.8. The summed E-state index contributed by atoms with van der Waals surface area (Å²) in [6.45, 7) is 3.99. The Hall–Kier alpha value is -2.44. The van der Waals surface area contributed by atoms with Crippen molar-refractivity contribution < 1.29 is 18.7 Å². The number of nitrogens with zero attached hydrogens (tertiary/aromatic N) is 2. The maximum atomic E-state index is 13.8. The predicted molar refractivity (Wildman–Crippen MR) is 101 cm³/mol. The third kappa shape index (κ3) is 4.84. The molecule has 0 radical (unpaired) electrons. The lowest BCUT2D eigenvalue weighted by molar-refractivity contribution is 0.0628. The summed E-state index contributed by atoms with van der Waals surface area (Å²) in [5.41, 5.74) is 2.58. The number of carbonyl (C=O) groups is 1. The lowest BCUT2D eigenvalue weighted by Gasteiger charge is -2.35. The minimum absolute atomic E-state index is 0.0445. The van der Waals surface area contributed by atoms with Crippen LogP contribution in [0.1, 0.15) is 21.5 Å². The number of halogens is 1. The largest absolute Gasteiger partial charge is 0.494 e. The quantitative estimate of drug-likeness (QED) is 0.782. The van der Waals surface area contributed by atoms with E-state index in [0.717, 1.165) is 24.2 Å². The molecule has 0 unspecified atom stereocenters. The second-order valence-electron chi connectivity index (χ2n) is 6.67. The van der Waals surface area contributed by atoms with Crippen molar-refractivity contribution in [3.63, 3.8) is 0 Å². The molecule has 2 aromatic rings. The van der Waals surface area contributed by atoms with Gasteiger partial charge in [-0.15, -0.1) is 0 Å². The first-order valence-electron chi connectivity index (χ1n) is 9.02. The van der Waals surface area contributed by atoms with Crippen LogP contribution in [-0.4, -0.2) is 56.1 Å². The molecule has 0 aliphatic carbocycles. The molecule has 0 spiro atoms. The zero-order valence-electron chi connectivity index (χ0n) is 15.8. The van der Waals surface area contributed by atoms with Gasteiger partial charge in [0.25, 0.3) is 5.91 Å². The van der Waals surface area contributed by atoms with Gasteiger partial charge in [-0.3, -0.25) is 9.69 Å². The predicted octanol–water partition coefficient (Wildman–Crippen LogP) is 2.94. The lowest BCUT2D eigenvalue weighted by Crippen LogP contribution is -2.48. The van der Waals surface area contributed by atoms with Crippen LogP contribution in [0.5, 0.6) is 5.75 Å². The fourth-order valence-corrected chi connectivity index (χ4v) is 3.32. The normalized spacial score (nSPS) is 15.0. The molecule has 0 aromatic heterocycles. The molecular formula is C21H25FN2O3. The van der Waals surface area contributed by atoms with Crippen molar-refractivity contribution in [3.05, 3.63) is 65.0 Å². The molecule has 144 valence electrons. The molecule has 0 N–H and O–H groups in total. The molecule has 1 heterocycles. The van der Waals surface area contributed by atoms with Gasteiger partial charge in [0.15, 0.2) is 11.6 Å². The number of rotatable bonds is 6. The van der Waals surface area contributed by atoms with E-state index in [9.17, 15) is 9.18 Å². The number of hydrogen-bond donors (Lipinski definition) is 0. The van der Waals surface area contributed by atoms with Crippen LogP contribution in [0.4, 0.5) is 4.39 Å². The van der Waals surface area contributed by atoms with E-state index >= 15 is 0 Å². The molecule has 1 fully saturated rings. The molecule has 1 aliphatic rings. The number of piperazine rings is 1. The highest BCUT2D eigenvalue weighted by Gasteiger charge is 2.22. The zero-order chi connectivity index (χ0) is 19.2. The Kier molecular flexibility index (Phi) is 6.42. The molecule has 6 heteroatoms. The molecule has 27 heavy (non-hydrogen) atoms. The monoisotopic (exact) mass is 372 g/mol. The second-order valence-corrected chi connectivity index (χ2v) is 6.67. The Morgan fingerprint density at radius 2 is 1.81 bits per heavy atom. The first kappa shape index (κ1) is 19.3. The van der Waals surface area contributed by atoms with Crippen LogP contribution in [0.15, 0.2) is 42.5 Å². The number of carbonyl (C=O) groups excluding carboxylic acids is 1. The Labute approximate surface area is 159 Å². The van der Waals surface area contributed by atoms with Crippen molar-refractivity contribution in [2.45, 2.75) is 13.2 Å². The molecule has 0 bridgehead atoms. The zero-order valence-corrected chi connectivity index (χ0v) is 15.8. The van der Waals surface area contributed by atoms with Gasteiger partial charge in [0, 0.05) is 45.4 Å². The van der Waals surface area contributed by atoms with Gasteiger partial charge in [-0.2, -0.15) is 0 Å². The second kappa shape index (κ2) is 8.97. The minimum Gasteiger partial charge on any atom is -0.494 e. The van der Waals surface area contributed by atoms with Crippen LogP contribution in [-0.2, 0) is 17.9 Å². The number of hydrogen-bond acceptors (Lipinski definition) is 4. The average molecular weight is 372 g/mol. The van der Waals surface area contributed by atoms with Crippen molar-refractivity contribution in [3.8, 4) is 5.75 Å². The molecule has 1 amide bonds. The molecule has 1 aliphatic heterocycles. The molecule has 2 aromatic carbocycles. The van der Waals surface area contributed by atoms with Crippen LogP contribution < -0.4 is 4.74 Å². The van der Waals surface area contributed by atoms with Crippen LogP contribution in [0.25, 0.3) is 0 Å². The fourth-order valence-electron chi connectivity index (χ4n) is 3.32. The van der Waals surface area contributed by atoms with Crippen LogP contribution in [0, 0.1) is 5.82 Å². The van der Waals surface area contributed by atoms with Crippen LogP contribution >= 0.6 is 0 Å². The Balaban J connectivity index is 1.56. The van der Waals surface area contributed by atoms with Crippen molar-refractivity contribution in [2.24, 2.45) is 0 Å². The lowest BCUT2D eigenvalue weighted by atomic mass is 10.1. The summed E-state index contributed by atoms with van der Waals surface area (Å²) >= 11 is 0. The SMILES string of the molecule is COCc1cccc(C(=O)N2CCN(Cc3ccc(OC)c(F)c3)CC2)c1. The summed E-state index contributed by atoms with van der Waals surface area (Å²) < 4.78 is 23.9. The van der Waals surface area contributed by atoms with Gasteiger partial charge in [0.1, 0.15) is 0 Å². The Morgan fingerprint density at radius 3 is 2.48 bits per heavy atom. The molecule has 0 atom stereocenters. The van der Waals surface area contributed by atoms with E-state index in [4.69, 9.17) is 9.47 Å². The summed E-state index contributed by atoms with van der Waals surface area (Å²) in [5, 5.41) is 0. The number of ether oxygens (including phenoxy) is 2. The van der Waals surface area contributed by atoms with E-state index in [1.54, 1.807) is 13.2 Å². The highest BCUT2D eigenvalue weighted by molar-refractivity contribution is 5.94. The van der Waals surface area contributed by atoms with E-state index in [1.807, 2.05) is 35.2 Å². The van der Waals surface area contributed by atoms with Gasteiger partial charge in [-0.05, 0) is 35.4 Å². The van der Waals surface area contributed by atoms with Crippen molar-refractivity contribution in [1.82, 2.24) is 9.80 Å². The first-order chi connectivity index (χ1) is 13.1. The van der Waals surface area contributed by atoms with E-state index in [2.05, 4.69) is 4.90 Å². The molecule has 3 rings (SSSR count). The van der Waals surface area contributed by atoms with Gasteiger partial charge in [-0.25, -0.2) is 4.39 Å². The van der Waals surface area contributed by atoms with Gasteiger partial charge in [0.05, 0.1) is 13.7 Å². The van der Waals surface area contributed by atoms with Crippen molar-refractivity contribution in [2.75, 3.05) is 40.4 Å². The summed E-state index contributed by atoms with van der Waals surface area (Å²) in [4.78, 5) is 16.8. The van der Waals surface area contributed by atoms with E-state index < -0.39 is 0 Å². The third-order valence-electron chi connectivity index (χ3n) is 4.77.